The molecule has 0 radical (unpaired) electrons. The first-order chi connectivity index (χ1) is 14.7. The monoisotopic (exact) mass is 427 g/mol. The summed E-state index contributed by atoms with van der Waals surface area (Å²) in [6.07, 6.45) is 0.391. The molecule has 0 aliphatic rings. The van der Waals surface area contributed by atoms with Crippen molar-refractivity contribution in [2.75, 3.05) is 0 Å². The minimum absolute atomic E-state index is 0.0423. The topological polar surface area (TPSA) is 148 Å². The lowest BCUT2D eigenvalue weighted by Gasteiger charge is -2.15. The van der Waals surface area contributed by atoms with Crippen LogP contribution in [-0.2, 0) is 32.0 Å². The van der Waals surface area contributed by atoms with Crippen molar-refractivity contribution in [2.24, 2.45) is 23.1 Å². The number of carbonyl (C=O) groups excluding carboxylic acids is 3. The molecule has 0 saturated heterocycles. The van der Waals surface area contributed by atoms with E-state index in [1.165, 1.54) is 0 Å². The molecule has 0 heterocycles. The molecule has 8 nitrogen and oxygen atoms in total. The van der Waals surface area contributed by atoms with E-state index in [-0.39, 0.29) is 18.8 Å². The van der Waals surface area contributed by atoms with Gasteiger partial charge in [-0.25, -0.2) is 14.4 Å². The highest BCUT2D eigenvalue weighted by Gasteiger charge is 2.24. The van der Waals surface area contributed by atoms with Gasteiger partial charge in [-0.15, -0.1) is 0 Å². The van der Waals surface area contributed by atoms with Crippen molar-refractivity contribution in [2.45, 2.75) is 44.8 Å². The number of esters is 3. The van der Waals surface area contributed by atoms with E-state index in [4.69, 9.17) is 26.7 Å². The smallest absolute Gasteiger partial charge is 0.330 e. The van der Waals surface area contributed by atoms with E-state index >= 15 is 0 Å². The highest BCUT2D eigenvalue weighted by atomic mass is 16.6. The predicted octanol–water partition coefficient (Wildman–Crippen LogP) is 1.08. The number of hydrogen-bond acceptors (Lipinski definition) is 8. The maximum atomic E-state index is 12.2. The molecule has 0 aliphatic heterocycles. The second-order valence-corrected chi connectivity index (χ2v) is 7.68. The number of carbonyl (C=O) groups is 3. The second-order valence-electron chi connectivity index (χ2n) is 7.68. The maximum Gasteiger partial charge on any atom is 0.330 e. The average Bonchev–Trinajstić information content (AvgIpc) is 2.74. The molecule has 0 spiro atoms. The van der Waals surface area contributed by atoms with Gasteiger partial charge in [0.25, 0.3) is 0 Å². The quantitative estimate of drug-likeness (QED) is 0.306. The van der Waals surface area contributed by atoms with E-state index in [0.29, 0.717) is 11.3 Å². The Balaban J connectivity index is 1.85. The Bertz CT molecular complexity index is 884. The Morgan fingerprint density at radius 3 is 1.71 bits per heavy atom. The number of benzene rings is 2. The first-order valence-corrected chi connectivity index (χ1v) is 10.0. The molecule has 0 bridgehead atoms. The van der Waals surface area contributed by atoms with Crippen molar-refractivity contribution in [3.05, 3.63) is 65.7 Å². The summed E-state index contributed by atoms with van der Waals surface area (Å²) < 4.78 is 10.1. The SMILES string of the molecule is CC(C)[C@H](N)C(=O)Oc1ccc(C[C@H](N)C(=O)OC(=O)[C@@H](N)Cc2ccccc2)cc1. The maximum absolute atomic E-state index is 12.2. The van der Waals surface area contributed by atoms with E-state index in [0.717, 1.165) is 5.56 Å². The Morgan fingerprint density at radius 2 is 1.23 bits per heavy atom. The molecule has 2 aromatic rings. The number of rotatable bonds is 9. The second kappa shape index (κ2) is 11.4. The molecule has 0 aliphatic carbocycles. The Morgan fingerprint density at radius 1 is 0.742 bits per heavy atom. The fraction of sp³-hybridized carbons (Fsp3) is 0.348. The highest BCUT2D eigenvalue weighted by Crippen LogP contribution is 2.15. The minimum Gasteiger partial charge on any atom is -0.425 e. The van der Waals surface area contributed by atoms with Crippen LogP contribution in [0.15, 0.2) is 54.6 Å². The molecule has 0 aromatic heterocycles. The predicted molar refractivity (Wildman–Crippen MR) is 116 cm³/mol. The van der Waals surface area contributed by atoms with Gasteiger partial charge in [-0.1, -0.05) is 56.3 Å². The van der Waals surface area contributed by atoms with Crippen molar-refractivity contribution < 1.29 is 23.9 Å². The number of ether oxygens (including phenoxy) is 2. The first-order valence-electron chi connectivity index (χ1n) is 10.0. The minimum atomic E-state index is -1.05. The van der Waals surface area contributed by atoms with Crippen LogP contribution in [0, 0.1) is 5.92 Å². The van der Waals surface area contributed by atoms with Gasteiger partial charge in [-0.3, -0.25) is 0 Å². The molecule has 0 fully saturated rings. The first kappa shape index (κ1) is 24.2. The third kappa shape index (κ3) is 7.60. The molecule has 2 aromatic carbocycles. The Hall–Kier alpha value is -3.07. The lowest BCUT2D eigenvalue weighted by atomic mass is 10.1. The van der Waals surface area contributed by atoms with Gasteiger partial charge in [-0.2, -0.15) is 0 Å². The summed E-state index contributed by atoms with van der Waals surface area (Å²) in [4.78, 5) is 36.1. The van der Waals surface area contributed by atoms with Crippen LogP contribution >= 0.6 is 0 Å². The van der Waals surface area contributed by atoms with E-state index in [1.54, 1.807) is 24.3 Å². The van der Waals surface area contributed by atoms with Crippen LogP contribution in [0.25, 0.3) is 0 Å². The zero-order valence-electron chi connectivity index (χ0n) is 17.7. The van der Waals surface area contributed by atoms with Crippen LogP contribution in [0.1, 0.15) is 25.0 Å². The molecule has 3 atom stereocenters. The number of nitrogens with two attached hydrogens (primary N) is 3. The largest absolute Gasteiger partial charge is 0.425 e. The third-order valence-electron chi connectivity index (χ3n) is 4.69. The van der Waals surface area contributed by atoms with Crippen molar-refractivity contribution in [3.63, 3.8) is 0 Å². The molecular formula is C23H29N3O5. The van der Waals surface area contributed by atoms with Crippen LogP contribution in [0.5, 0.6) is 5.75 Å². The van der Waals surface area contributed by atoms with Gasteiger partial charge in [0.1, 0.15) is 23.9 Å². The summed E-state index contributed by atoms with van der Waals surface area (Å²) in [7, 11) is 0. The summed E-state index contributed by atoms with van der Waals surface area (Å²) in [5.74, 6) is -1.91. The van der Waals surface area contributed by atoms with Crippen LogP contribution in [-0.4, -0.2) is 36.0 Å². The van der Waals surface area contributed by atoms with Gasteiger partial charge in [0, 0.05) is 0 Å². The lowest BCUT2D eigenvalue weighted by Crippen LogP contribution is -2.41. The molecule has 8 heteroatoms. The van der Waals surface area contributed by atoms with Crippen molar-refractivity contribution in [1.29, 1.82) is 0 Å². The van der Waals surface area contributed by atoms with Crippen molar-refractivity contribution in [1.82, 2.24) is 0 Å². The molecule has 31 heavy (non-hydrogen) atoms. The zero-order chi connectivity index (χ0) is 23.0. The summed E-state index contributed by atoms with van der Waals surface area (Å²) in [6, 6.07) is 13.0. The zero-order valence-corrected chi connectivity index (χ0v) is 17.7. The molecule has 2 rings (SSSR count). The van der Waals surface area contributed by atoms with Gasteiger partial charge in [-0.05, 0) is 42.0 Å². The van der Waals surface area contributed by atoms with E-state index < -0.39 is 36.0 Å². The molecular weight excluding hydrogens is 398 g/mol. The van der Waals surface area contributed by atoms with Crippen molar-refractivity contribution >= 4 is 17.9 Å². The van der Waals surface area contributed by atoms with Gasteiger partial charge in [0.15, 0.2) is 0 Å². The van der Waals surface area contributed by atoms with Crippen LogP contribution in [0.2, 0.25) is 0 Å². The third-order valence-corrected chi connectivity index (χ3v) is 4.69. The van der Waals surface area contributed by atoms with E-state index in [2.05, 4.69) is 0 Å². The summed E-state index contributed by atoms with van der Waals surface area (Å²) in [6.45, 7) is 3.66. The highest BCUT2D eigenvalue weighted by molar-refractivity contribution is 5.91. The fourth-order valence-corrected chi connectivity index (χ4v) is 2.69. The van der Waals surface area contributed by atoms with Gasteiger partial charge < -0.3 is 26.7 Å². The van der Waals surface area contributed by atoms with Gasteiger partial charge >= 0.3 is 17.9 Å². The van der Waals surface area contributed by atoms with Gasteiger partial charge in [0.2, 0.25) is 0 Å². The molecule has 166 valence electrons. The van der Waals surface area contributed by atoms with E-state index in [9.17, 15) is 14.4 Å². The van der Waals surface area contributed by atoms with Crippen LogP contribution in [0.4, 0.5) is 0 Å². The average molecular weight is 428 g/mol. The Kier molecular flexibility index (Phi) is 8.87. The standard InChI is InChI=1S/C23H29N3O5/c1-14(2)20(26)23(29)30-17-10-8-16(9-11-17)13-19(25)22(28)31-21(27)18(24)12-15-6-4-3-5-7-15/h3-11,14,18-20H,12-13,24-26H2,1-2H3/t18-,19-,20-/m0/s1. The van der Waals surface area contributed by atoms with Crippen LogP contribution < -0.4 is 21.9 Å². The number of hydrogen-bond donors (Lipinski definition) is 3. The normalized spacial score (nSPS) is 13.9. The summed E-state index contributed by atoms with van der Waals surface area (Å²) in [5, 5.41) is 0. The molecule has 6 N–H and O–H groups in total. The summed E-state index contributed by atoms with van der Waals surface area (Å²) >= 11 is 0. The van der Waals surface area contributed by atoms with E-state index in [1.807, 2.05) is 44.2 Å². The Labute approximate surface area is 181 Å². The molecule has 0 amide bonds. The van der Waals surface area contributed by atoms with Crippen molar-refractivity contribution in [3.8, 4) is 5.75 Å². The molecule has 0 unspecified atom stereocenters. The van der Waals surface area contributed by atoms with Crippen LogP contribution in [0.3, 0.4) is 0 Å². The lowest BCUT2D eigenvalue weighted by molar-refractivity contribution is -0.161. The van der Waals surface area contributed by atoms with Gasteiger partial charge in [0.05, 0.1) is 0 Å². The summed E-state index contributed by atoms with van der Waals surface area (Å²) in [5.41, 5.74) is 19.0. The fourth-order valence-electron chi connectivity index (χ4n) is 2.69. The molecule has 0 saturated carbocycles.